The maximum Gasteiger partial charge on any atom is 0.246 e. The average Bonchev–Trinajstić information content (AvgIpc) is 2.38. The summed E-state index contributed by atoms with van der Waals surface area (Å²) in [4.78, 5) is 26.3. The van der Waals surface area contributed by atoms with Crippen LogP contribution in [0.15, 0.2) is 0 Å². The lowest BCUT2D eigenvalue weighted by molar-refractivity contribution is -0.151. The molecule has 0 radical (unpaired) electrons. The second kappa shape index (κ2) is 5.95. The van der Waals surface area contributed by atoms with E-state index in [4.69, 9.17) is 0 Å². The lowest BCUT2D eigenvalue weighted by atomic mass is 9.99. The summed E-state index contributed by atoms with van der Waals surface area (Å²) >= 11 is 1.94. The van der Waals surface area contributed by atoms with Gasteiger partial charge in [-0.1, -0.05) is 13.3 Å². The van der Waals surface area contributed by atoms with Gasteiger partial charge in [0.05, 0.1) is 0 Å². The number of hydrogen-bond acceptors (Lipinski definition) is 3. The molecule has 2 fully saturated rings. The molecule has 102 valence electrons. The normalized spacial score (nSPS) is 30.4. The second-order valence-corrected chi connectivity index (χ2v) is 6.34. The molecule has 2 rings (SSSR count). The number of carbonyl (C=O) groups excluding carboxylic acids is 2. The lowest BCUT2D eigenvalue weighted by Crippen LogP contribution is -2.65. The fourth-order valence-electron chi connectivity index (χ4n) is 2.79. The average molecular weight is 270 g/mol. The van der Waals surface area contributed by atoms with Crippen molar-refractivity contribution in [2.75, 3.05) is 11.5 Å². The van der Waals surface area contributed by atoms with Crippen molar-refractivity contribution < 1.29 is 9.59 Å². The van der Waals surface area contributed by atoms with E-state index in [1.165, 1.54) is 0 Å². The van der Waals surface area contributed by atoms with Crippen molar-refractivity contribution >= 4 is 23.6 Å². The number of nitrogens with one attached hydrogen (secondary N) is 1. The fraction of sp³-hybridized carbons (Fsp3) is 0.846. The van der Waals surface area contributed by atoms with Crippen LogP contribution in [0, 0.1) is 0 Å². The van der Waals surface area contributed by atoms with Gasteiger partial charge in [-0.25, -0.2) is 0 Å². The molecule has 0 aliphatic carbocycles. The standard InChI is InChI=1S/C13H22N2O2S/c1-3-4-11-13(17)15(9(2)12(16)14-11)10-5-7-18-8-6-10/h9-11H,3-8H2,1-2H3,(H,14,16). The summed E-state index contributed by atoms with van der Waals surface area (Å²) < 4.78 is 0. The van der Waals surface area contributed by atoms with Gasteiger partial charge in [0.2, 0.25) is 11.8 Å². The molecule has 0 saturated carbocycles. The Morgan fingerprint density at radius 2 is 2.00 bits per heavy atom. The van der Waals surface area contributed by atoms with Crippen molar-refractivity contribution in [2.24, 2.45) is 0 Å². The third-order valence-electron chi connectivity index (χ3n) is 3.83. The van der Waals surface area contributed by atoms with E-state index in [1.54, 1.807) is 0 Å². The highest BCUT2D eigenvalue weighted by Gasteiger charge is 2.41. The molecule has 2 unspecified atom stereocenters. The van der Waals surface area contributed by atoms with Gasteiger partial charge in [0, 0.05) is 6.04 Å². The van der Waals surface area contributed by atoms with E-state index in [2.05, 4.69) is 5.32 Å². The Kier molecular flexibility index (Phi) is 4.54. The van der Waals surface area contributed by atoms with Crippen LogP contribution >= 0.6 is 11.8 Å². The number of rotatable bonds is 3. The highest BCUT2D eigenvalue weighted by Crippen LogP contribution is 2.26. The molecule has 0 spiro atoms. The van der Waals surface area contributed by atoms with Crippen molar-refractivity contribution in [1.82, 2.24) is 10.2 Å². The van der Waals surface area contributed by atoms with Crippen LogP contribution in [0.4, 0.5) is 0 Å². The van der Waals surface area contributed by atoms with Crippen LogP contribution < -0.4 is 5.32 Å². The molecule has 4 nitrogen and oxygen atoms in total. The summed E-state index contributed by atoms with van der Waals surface area (Å²) in [5.74, 6) is 2.33. The van der Waals surface area contributed by atoms with Gasteiger partial charge in [-0.2, -0.15) is 11.8 Å². The number of thioether (sulfide) groups is 1. The van der Waals surface area contributed by atoms with Crippen LogP contribution in [0.25, 0.3) is 0 Å². The molecule has 1 N–H and O–H groups in total. The molecule has 2 aliphatic heterocycles. The third-order valence-corrected chi connectivity index (χ3v) is 4.88. The van der Waals surface area contributed by atoms with Gasteiger partial charge in [-0.15, -0.1) is 0 Å². The highest BCUT2D eigenvalue weighted by molar-refractivity contribution is 7.99. The Morgan fingerprint density at radius 1 is 1.33 bits per heavy atom. The van der Waals surface area contributed by atoms with Crippen LogP contribution in [-0.4, -0.2) is 46.3 Å². The third kappa shape index (κ3) is 2.66. The molecule has 18 heavy (non-hydrogen) atoms. The van der Waals surface area contributed by atoms with Crippen molar-refractivity contribution in [1.29, 1.82) is 0 Å². The number of piperazine rings is 1. The van der Waals surface area contributed by atoms with Crippen LogP contribution in [0.1, 0.15) is 39.5 Å². The van der Waals surface area contributed by atoms with E-state index in [9.17, 15) is 9.59 Å². The van der Waals surface area contributed by atoms with Crippen LogP contribution in [0.2, 0.25) is 0 Å². The number of hydrogen-bond donors (Lipinski definition) is 1. The van der Waals surface area contributed by atoms with Gasteiger partial charge in [0.15, 0.2) is 0 Å². The Balaban J connectivity index is 2.13. The van der Waals surface area contributed by atoms with Gasteiger partial charge >= 0.3 is 0 Å². The van der Waals surface area contributed by atoms with E-state index < -0.39 is 0 Å². The molecule has 5 heteroatoms. The van der Waals surface area contributed by atoms with Gasteiger partial charge in [-0.05, 0) is 37.7 Å². The summed E-state index contributed by atoms with van der Waals surface area (Å²) in [7, 11) is 0. The Morgan fingerprint density at radius 3 is 2.61 bits per heavy atom. The second-order valence-electron chi connectivity index (χ2n) is 5.11. The monoisotopic (exact) mass is 270 g/mol. The minimum absolute atomic E-state index is 0.00581. The van der Waals surface area contributed by atoms with Gasteiger partial charge in [0.1, 0.15) is 12.1 Å². The number of nitrogens with zero attached hydrogens (tertiary/aromatic N) is 1. The molecule has 0 aromatic heterocycles. The summed E-state index contributed by atoms with van der Waals surface area (Å²) in [6, 6.07) is -0.342. The first-order valence-corrected chi connectivity index (χ1v) is 8.01. The van der Waals surface area contributed by atoms with Gasteiger partial charge < -0.3 is 10.2 Å². The molecule has 2 aliphatic rings. The van der Waals surface area contributed by atoms with E-state index in [0.717, 1.165) is 37.2 Å². The summed E-state index contributed by atoms with van der Waals surface area (Å²) in [6.07, 6.45) is 3.70. The zero-order valence-corrected chi connectivity index (χ0v) is 12.0. The Bertz CT molecular complexity index is 329. The fourth-order valence-corrected chi connectivity index (χ4v) is 3.88. The predicted molar refractivity (Wildman–Crippen MR) is 73.5 cm³/mol. The molecule has 2 amide bonds. The molecular weight excluding hydrogens is 248 g/mol. The van der Waals surface area contributed by atoms with E-state index in [-0.39, 0.29) is 29.9 Å². The maximum atomic E-state index is 12.5. The zero-order chi connectivity index (χ0) is 13.1. The highest BCUT2D eigenvalue weighted by atomic mass is 32.2. The van der Waals surface area contributed by atoms with Crippen molar-refractivity contribution in [3.63, 3.8) is 0 Å². The van der Waals surface area contributed by atoms with E-state index in [1.807, 2.05) is 30.5 Å². The molecular formula is C13H22N2O2S. The molecule has 2 atom stereocenters. The molecule has 0 aromatic rings. The molecule has 2 saturated heterocycles. The molecule has 0 aromatic carbocycles. The quantitative estimate of drug-likeness (QED) is 0.843. The van der Waals surface area contributed by atoms with Crippen molar-refractivity contribution in [3.8, 4) is 0 Å². The minimum atomic E-state index is -0.307. The van der Waals surface area contributed by atoms with E-state index in [0.29, 0.717) is 0 Å². The smallest absolute Gasteiger partial charge is 0.246 e. The van der Waals surface area contributed by atoms with Crippen LogP contribution in [0.5, 0.6) is 0 Å². The van der Waals surface area contributed by atoms with Crippen molar-refractivity contribution in [2.45, 2.75) is 57.7 Å². The topological polar surface area (TPSA) is 49.4 Å². The largest absolute Gasteiger partial charge is 0.343 e. The van der Waals surface area contributed by atoms with Crippen LogP contribution in [-0.2, 0) is 9.59 Å². The minimum Gasteiger partial charge on any atom is -0.343 e. The van der Waals surface area contributed by atoms with Gasteiger partial charge in [0.25, 0.3) is 0 Å². The molecule has 0 bridgehead atoms. The lowest BCUT2D eigenvalue weighted by Gasteiger charge is -2.43. The number of amides is 2. The SMILES string of the molecule is CCCC1NC(=O)C(C)N(C2CCSCC2)C1=O. The summed E-state index contributed by atoms with van der Waals surface area (Å²) in [5.41, 5.74) is 0. The maximum absolute atomic E-state index is 12.5. The first kappa shape index (κ1) is 13.7. The first-order chi connectivity index (χ1) is 8.65. The first-order valence-electron chi connectivity index (χ1n) is 6.85. The van der Waals surface area contributed by atoms with E-state index >= 15 is 0 Å². The van der Waals surface area contributed by atoms with Crippen molar-refractivity contribution in [3.05, 3.63) is 0 Å². The zero-order valence-electron chi connectivity index (χ0n) is 11.1. The molecule has 2 heterocycles. The van der Waals surface area contributed by atoms with Gasteiger partial charge in [-0.3, -0.25) is 9.59 Å². The predicted octanol–water partition coefficient (Wildman–Crippen LogP) is 1.40. The Labute approximate surface area is 113 Å². The number of carbonyl (C=O) groups is 2. The van der Waals surface area contributed by atoms with Crippen LogP contribution in [0.3, 0.4) is 0 Å². The summed E-state index contributed by atoms with van der Waals surface area (Å²) in [5, 5.41) is 2.85. The summed E-state index contributed by atoms with van der Waals surface area (Å²) in [6.45, 7) is 3.89. The Hall–Kier alpha value is -0.710.